The molecule has 1 aromatic rings. The van der Waals surface area contributed by atoms with E-state index in [1.807, 2.05) is 13.0 Å². The number of ether oxygens (including phenoxy) is 5. The first-order valence-corrected chi connectivity index (χ1v) is 17.5. The lowest BCUT2D eigenvalue weighted by Gasteiger charge is -2.42. The molecule has 2 fully saturated rings. The number of likely N-dealkylation sites (N-methyl/N-ethyl adjacent to an activating group) is 1. The molecule has 0 aliphatic carbocycles. The summed E-state index contributed by atoms with van der Waals surface area (Å²) in [6.07, 6.45) is 1.08. The summed E-state index contributed by atoms with van der Waals surface area (Å²) >= 11 is 10.8. The monoisotopic (exact) mass is 737 g/mol. The van der Waals surface area contributed by atoms with Gasteiger partial charge < -0.3 is 38.6 Å². The fourth-order valence-corrected chi connectivity index (χ4v) is 6.99. The molecular weight excluding hydrogens is 690 g/mol. The van der Waals surface area contributed by atoms with Crippen LogP contribution in [0.15, 0.2) is 35.9 Å². The highest BCUT2D eigenvalue weighted by atomic mass is 35.5. The molecule has 2 unspecified atom stereocenters. The Labute approximate surface area is 303 Å². The quantitative estimate of drug-likeness (QED) is 0.214. The van der Waals surface area contributed by atoms with E-state index >= 15 is 0 Å². The Morgan fingerprint density at radius 2 is 1.98 bits per heavy atom. The van der Waals surface area contributed by atoms with E-state index in [4.69, 9.17) is 35.3 Å². The van der Waals surface area contributed by atoms with E-state index in [0.29, 0.717) is 23.6 Å². The highest BCUT2D eigenvalue weighted by Crippen LogP contribution is 2.49. The summed E-state index contributed by atoms with van der Waals surface area (Å²) in [7, 11) is 5.98. The van der Waals surface area contributed by atoms with Crippen LogP contribution in [-0.4, -0.2) is 110 Å². The van der Waals surface area contributed by atoms with Crippen LogP contribution in [0.4, 0.5) is 10.5 Å². The van der Waals surface area contributed by atoms with Crippen molar-refractivity contribution in [2.45, 2.75) is 95.2 Å². The average molecular weight is 738 g/mol. The lowest BCUT2D eigenvalue weighted by Crippen LogP contribution is -2.63. The second-order valence-corrected chi connectivity index (χ2v) is 14.2. The molecule has 276 valence electrons. The van der Waals surface area contributed by atoms with Crippen LogP contribution >= 0.6 is 24.2 Å². The minimum atomic E-state index is -1.82. The molecule has 2 N–H and O–H groups in total. The highest BCUT2D eigenvalue weighted by Gasteiger charge is 2.64. The van der Waals surface area contributed by atoms with Crippen LogP contribution in [0.1, 0.15) is 52.5 Å². The van der Waals surface area contributed by atoms with Gasteiger partial charge in [0.15, 0.2) is 5.72 Å². The van der Waals surface area contributed by atoms with Crippen LogP contribution in [0.25, 0.3) is 0 Å². The van der Waals surface area contributed by atoms with Gasteiger partial charge in [0.05, 0.1) is 25.3 Å². The van der Waals surface area contributed by atoms with Gasteiger partial charge in [-0.1, -0.05) is 42.3 Å². The van der Waals surface area contributed by atoms with Gasteiger partial charge in [0, 0.05) is 40.0 Å². The number of halogens is 1. The predicted molar refractivity (Wildman–Crippen MR) is 189 cm³/mol. The van der Waals surface area contributed by atoms with E-state index in [0.717, 1.165) is 11.1 Å². The maximum Gasteiger partial charge on any atom is 0.409 e. The molecule has 1 aromatic carbocycles. The van der Waals surface area contributed by atoms with Crippen molar-refractivity contribution < 1.29 is 48.0 Å². The molecule has 3 amide bonds. The molecule has 15 heteroatoms. The predicted octanol–water partition coefficient (Wildman–Crippen LogP) is 3.83. The zero-order valence-corrected chi connectivity index (χ0v) is 31.4. The zero-order valence-electron chi connectivity index (χ0n) is 29.7. The van der Waals surface area contributed by atoms with Crippen LogP contribution in [0.5, 0.6) is 5.75 Å². The second kappa shape index (κ2) is 15.9. The van der Waals surface area contributed by atoms with Crippen molar-refractivity contribution in [3.05, 3.63) is 46.5 Å². The maximum atomic E-state index is 14.0. The van der Waals surface area contributed by atoms with Crippen molar-refractivity contribution in [3.63, 3.8) is 0 Å². The van der Waals surface area contributed by atoms with E-state index in [1.165, 1.54) is 38.0 Å². The third kappa shape index (κ3) is 8.42. The number of methoxy groups -OCH3 is 2. The van der Waals surface area contributed by atoms with Crippen LogP contribution in [0.3, 0.4) is 0 Å². The van der Waals surface area contributed by atoms with Gasteiger partial charge in [0.1, 0.15) is 40.7 Å². The molecular formula is C35H48ClN3O10S. The summed E-state index contributed by atoms with van der Waals surface area (Å²) < 4.78 is 29.0. The normalized spacial score (nSPS) is 32.3. The first-order chi connectivity index (χ1) is 23.5. The molecule has 4 rings (SSSR count). The van der Waals surface area contributed by atoms with Gasteiger partial charge in [-0.05, 0) is 50.6 Å². The van der Waals surface area contributed by atoms with Crippen LogP contribution < -0.4 is 15.0 Å². The van der Waals surface area contributed by atoms with Crippen LogP contribution in [0, 0.1) is 5.92 Å². The summed E-state index contributed by atoms with van der Waals surface area (Å²) in [6.45, 7) is 6.96. The molecule has 3 heterocycles. The van der Waals surface area contributed by atoms with Gasteiger partial charge in [-0.3, -0.25) is 14.9 Å². The molecule has 50 heavy (non-hydrogen) atoms. The topological polar surface area (TPSA) is 156 Å². The van der Waals surface area contributed by atoms with Crippen molar-refractivity contribution in [1.82, 2.24) is 10.2 Å². The molecule has 2 saturated heterocycles. The summed E-state index contributed by atoms with van der Waals surface area (Å²) in [6, 6.07) is 2.60. The van der Waals surface area contributed by atoms with Crippen molar-refractivity contribution in [3.8, 4) is 5.75 Å². The number of nitrogens with zero attached hydrogens (tertiary/aromatic N) is 2. The number of anilines is 1. The van der Waals surface area contributed by atoms with Crippen LogP contribution in [0.2, 0.25) is 5.02 Å². The first kappa shape index (κ1) is 39.5. The van der Waals surface area contributed by atoms with Crippen molar-refractivity contribution in [2.24, 2.45) is 5.92 Å². The Bertz CT molecular complexity index is 1540. The SMILES string of the molecule is COc1cc2cc(c1Cl)N(C)C(=O)C[C@H](OC(=O)[C@H](C)N(C)C(=O)CCS)C1(C)OC1[C@H](C)[C@@H]1C[C@@](O)(NC(=O)O1)[C@H](OC)/C=C/C=C(\C)C2. The third-order valence-electron chi connectivity index (χ3n) is 9.85. The van der Waals surface area contributed by atoms with Gasteiger partial charge in [-0.25, -0.2) is 9.59 Å². The minimum Gasteiger partial charge on any atom is -0.495 e. The number of esters is 1. The van der Waals surface area contributed by atoms with Gasteiger partial charge >= 0.3 is 12.1 Å². The number of benzene rings is 1. The standard InChI is InChI=1S/C35H48ClN3O10S/c1-19-10-9-11-26(46-8)35(44)18-25(47-33(43)37-35)20(2)31-34(4,49-31)27(48-32(42)21(3)38(5)28(40)12-13-50)17-29(41)39(6)23-15-22(14-19)16-24(45-7)30(23)36/h9-11,15-16,20-21,25-27,31,44,50H,12-14,17-18H2,1-8H3,(H,37,43)/b11-9+,19-10+/t20-,21+,25+,26-,27+,31?,34?,35+/m1/s1. The third-order valence-corrected chi connectivity index (χ3v) is 10.5. The van der Waals surface area contributed by atoms with Gasteiger partial charge in [0.2, 0.25) is 11.8 Å². The molecule has 3 aliphatic rings. The number of hydrogen-bond donors (Lipinski definition) is 3. The number of nitrogens with one attached hydrogen (secondary N) is 1. The largest absolute Gasteiger partial charge is 0.495 e. The lowest BCUT2D eigenvalue weighted by molar-refractivity contribution is -0.161. The summed E-state index contributed by atoms with van der Waals surface area (Å²) in [4.78, 5) is 55.6. The van der Waals surface area contributed by atoms with Crippen molar-refractivity contribution in [2.75, 3.05) is 39.0 Å². The molecule has 4 bridgehead atoms. The summed E-state index contributed by atoms with van der Waals surface area (Å²) in [5.74, 6) is -1.30. The number of fused-ring (bicyclic) bond motifs is 5. The Kier molecular flexibility index (Phi) is 12.6. The van der Waals surface area contributed by atoms with Crippen molar-refractivity contribution >= 4 is 53.8 Å². The van der Waals surface area contributed by atoms with Gasteiger partial charge in [-0.2, -0.15) is 12.6 Å². The van der Waals surface area contributed by atoms with E-state index in [2.05, 4.69) is 17.9 Å². The first-order valence-electron chi connectivity index (χ1n) is 16.4. The number of epoxide rings is 1. The zero-order chi connectivity index (χ0) is 37.1. The molecule has 3 aliphatic heterocycles. The number of rotatable bonds is 7. The summed E-state index contributed by atoms with van der Waals surface area (Å²) in [5.41, 5.74) is -0.903. The number of allylic oxidation sites excluding steroid dienone is 3. The Morgan fingerprint density at radius 3 is 2.62 bits per heavy atom. The van der Waals surface area contributed by atoms with Crippen LogP contribution in [-0.2, 0) is 39.8 Å². The fraction of sp³-hybridized carbons (Fsp3) is 0.600. The molecule has 13 nitrogen and oxygen atoms in total. The number of carbonyl (C=O) groups excluding carboxylic acids is 4. The second-order valence-electron chi connectivity index (χ2n) is 13.4. The Hall–Kier alpha value is -3.30. The minimum absolute atomic E-state index is 0.0489. The van der Waals surface area contributed by atoms with E-state index in [1.54, 1.807) is 45.2 Å². The molecule has 0 spiro atoms. The number of aliphatic hydroxyl groups is 1. The highest BCUT2D eigenvalue weighted by molar-refractivity contribution is 7.80. The van der Waals surface area contributed by atoms with E-state index < -0.39 is 65.7 Å². The van der Waals surface area contributed by atoms with Gasteiger partial charge in [-0.15, -0.1) is 0 Å². The smallest absolute Gasteiger partial charge is 0.409 e. The van der Waals surface area contributed by atoms with E-state index in [9.17, 15) is 24.3 Å². The van der Waals surface area contributed by atoms with E-state index in [-0.39, 0.29) is 30.2 Å². The average Bonchev–Trinajstić information content (AvgIpc) is 3.76. The molecule has 0 aromatic heterocycles. The summed E-state index contributed by atoms with van der Waals surface area (Å²) in [5, 5.41) is 14.4. The Balaban J connectivity index is 1.78. The fourth-order valence-electron chi connectivity index (χ4n) is 6.49. The maximum absolute atomic E-state index is 14.0. The number of carbonyl (C=O) groups is 4. The molecule has 0 saturated carbocycles. The molecule has 0 radical (unpaired) electrons. The van der Waals surface area contributed by atoms with Gasteiger partial charge in [0.25, 0.3) is 0 Å². The lowest BCUT2D eigenvalue weighted by atomic mass is 9.83. The number of hydrogen-bond acceptors (Lipinski definition) is 11. The Morgan fingerprint density at radius 1 is 1.28 bits per heavy atom. The number of alkyl carbamates (subject to hydrolysis) is 1. The van der Waals surface area contributed by atoms with Crippen molar-refractivity contribution in [1.29, 1.82) is 0 Å². The number of amides is 3. The number of thiol groups is 1. The molecule has 8 atom stereocenters.